The first-order valence-corrected chi connectivity index (χ1v) is 11.5. The summed E-state index contributed by atoms with van der Waals surface area (Å²) >= 11 is 0. The number of allylic oxidation sites excluding steroid dienone is 2. The topological polar surface area (TPSA) is 90.0 Å². The Bertz CT molecular complexity index is 1190. The van der Waals surface area contributed by atoms with E-state index in [2.05, 4.69) is 12.2 Å². The summed E-state index contributed by atoms with van der Waals surface area (Å²) in [6.07, 6.45) is 5.40. The Morgan fingerprint density at radius 1 is 0.853 bits per heavy atom. The molecule has 34 heavy (non-hydrogen) atoms. The molecule has 172 valence electrons. The average Bonchev–Trinajstić information content (AvgIpc) is 3.65. The van der Waals surface area contributed by atoms with Gasteiger partial charge in [-0.15, -0.1) is 0 Å². The molecule has 0 N–H and O–H groups in total. The average molecular weight is 457 g/mol. The lowest BCUT2D eigenvalue weighted by atomic mass is 9.63. The first-order chi connectivity index (χ1) is 16.5. The number of hydrogen-bond donors (Lipinski definition) is 0. The van der Waals surface area contributed by atoms with Gasteiger partial charge in [0.15, 0.2) is 12.4 Å². The lowest BCUT2D eigenvalue weighted by Gasteiger charge is -2.37. The largest absolute Gasteiger partial charge is 0.497 e. The standard InChI is InChI=1S/C27H23NO6/c1-33-17-8-4-14(5-9-17)22(29)13-34-27(32)15-2-6-16(7-3-15)28-25(30)23-18-10-11-19(21-12-20(18)21)24(23)26(28)31/h2-11,18-21,23-24H,12-13H2,1H3. The molecular formula is C27H23NO6. The molecule has 6 atom stereocenters. The summed E-state index contributed by atoms with van der Waals surface area (Å²) in [6.45, 7) is -0.391. The Kier molecular flexibility index (Phi) is 4.69. The highest BCUT2D eigenvalue weighted by Crippen LogP contribution is 2.65. The lowest BCUT2D eigenvalue weighted by Crippen LogP contribution is -2.40. The number of benzene rings is 2. The second kappa shape index (κ2) is 7.65. The van der Waals surface area contributed by atoms with Gasteiger partial charge in [0.05, 0.1) is 30.2 Å². The van der Waals surface area contributed by atoms with Crippen LogP contribution in [0.25, 0.3) is 0 Å². The molecule has 4 aliphatic carbocycles. The SMILES string of the molecule is COc1ccc(C(=O)COC(=O)c2ccc(N3C(=O)C4C5C=CC(C6CC56)C4C3=O)cc2)cc1. The number of anilines is 1. The van der Waals surface area contributed by atoms with Crippen molar-refractivity contribution in [2.24, 2.45) is 35.5 Å². The van der Waals surface area contributed by atoms with Crippen LogP contribution in [-0.4, -0.2) is 37.3 Å². The molecule has 2 aromatic carbocycles. The van der Waals surface area contributed by atoms with Crippen LogP contribution in [0.2, 0.25) is 0 Å². The molecule has 7 heteroatoms. The maximum absolute atomic E-state index is 13.2. The molecule has 7 rings (SSSR count). The third-order valence-electron chi connectivity index (χ3n) is 7.77. The van der Waals surface area contributed by atoms with Crippen LogP contribution < -0.4 is 9.64 Å². The van der Waals surface area contributed by atoms with Crippen LogP contribution in [0.3, 0.4) is 0 Å². The zero-order valence-electron chi connectivity index (χ0n) is 18.5. The minimum Gasteiger partial charge on any atom is -0.497 e. The molecule has 7 nitrogen and oxygen atoms in total. The number of esters is 1. The van der Waals surface area contributed by atoms with Crippen molar-refractivity contribution in [3.05, 3.63) is 71.8 Å². The van der Waals surface area contributed by atoms with Crippen molar-refractivity contribution in [2.75, 3.05) is 18.6 Å². The van der Waals surface area contributed by atoms with Gasteiger partial charge >= 0.3 is 5.97 Å². The minimum absolute atomic E-state index is 0.139. The predicted molar refractivity (Wildman–Crippen MR) is 121 cm³/mol. The smallest absolute Gasteiger partial charge is 0.338 e. The molecule has 1 aliphatic heterocycles. The maximum atomic E-state index is 13.2. The molecule has 2 amide bonds. The van der Waals surface area contributed by atoms with Crippen LogP contribution in [0.15, 0.2) is 60.7 Å². The number of rotatable bonds is 6. The van der Waals surface area contributed by atoms with Gasteiger partial charge in [-0.25, -0.2) is 4.79 Å². The van der Waals surface area contributed by atoms with Crippen LogP contribution in [0.4, 0.5) is 5.69 Å². The molecule has 6 unspecified atom stereocenters. The van der Waals surface area contributed by atoms with Crippen molar-refractivity contribution in [1.29, 1.82) is 0 Å². The van der Waals surface area contributed by atoms with Crippen LogP contribution in [0.1, 0.15) is 27.1 Å². The zero-order valence-corrected chi connectivity index (χ0v) is 18.5. The summed E-state index contributed by atoms with van der Waals surface area (Å²) in [4.78, 5) is 52.4. The highest BCUT2D eigenvalue weighted by atomic mass is 16.5. The summed E-state index contributed by atoms with van der Waals surface area (Å²) in [6, 6.07) is 12.7. The number of ether oxygens (including phenoxy) is 2. The van der Waals surface area contributed by atoms with E-state index in [1.165, 1.54) is 24.1 Å². The number of carbonyl (C=O) groups is 4. The highest BCUT2D eigenvalue weighted by molar-refractivity contribution is 6.22. The van der Waals surface area contributed by atoms with Crippen molar-refractivity contribution in [2.45, 2.75) is 6.42 Å². The van der Waals surface area contributed by atoms with Gasteiger partial charge in [0.25, 0.3) is 0 Å². The lowest BCUT2D eigenvalue weighted by molar-refractivity contribution is -0.124. The number of Topliss-reactive ketones (excluding diaryl/α,β-unsaturated/α-hetero) is 1. The van der Waals surface area contributed by atoms with Crippen LogP contribution in [-0.2, 0) is 14.3 Å². The van der Waals surface area contributed by atoms with E-state index in [0.29, 0.717) is 28.8 Å². The van der Waals surface area contributed by atoms with Gasteiger partial charge < -0.3 is 9.47 Å². The summed E-state index contributed by atoms with van der Waals surface area (Å²) < 4.78 is 10.2. The molecular weight excluding hydrogens is 434 g/mol. The van der Waals surface area contributed by atoms with Gasteiger partial charge in [-0.05, 0) is 78.6 Å². The number of nitrogens with zero attached hydrogens (tertiary/aromatic N) is 1. The number of carbonyl (C=O) groups excluding carboxylic acids is 4. The van der Waals surface area contributed by atoms with Gasteiger partial charge in [-0.1, -0.05) is 12.2 Å². The van der Waals surface area contributed by atoms with E-state index < -0.39 is 12.6 Å². The Balaban J connectivity index is 1.12. The fourth-order valence-electron chi connectivity index (χ4n) is 6.03. The Labute approximate surface area is 196 Å². The van der Waals surface area contributed by atoms with Gasteiger partial charge in [-0.3, -0.25) is 19.3 Å². The normalized spacial score (nSPS) is 30.1. The fraction of sp³-hybridized carbons (Fsp3) is 0.333. The molecule has 2 bridgehead atoms. The first kappa shape index (κ1) is 20.8. The Morgan fingerprint density at radius 2 is 1.41 bits per heavy atom. The van der Waals surface area contributed by atoms with Gasteiger partial charge in [0.2, 0.25) is 11.8 Å². The molecule has 0 spiro atoms. The van der Waals surface area contributed by atoms with Crippen LogP contribution in [0.5, 0.6) is 5.75 Å². The zero-order chi connectivity index (χ0) is 23.6. The van der Waals surface area contributed by atoms with Crippen molar-refractivity contribution in [3.63, 3.8) is 0 Å². The van der Waals surface area contributed by atoms with E-state index >= 15 is 0 Å². The van der Waals surface area contributed by atoms with Gasteiger partial charge in [0, 0.05) is 5.56 Å². The Morgan fingerprint density at radius 3 is 1.97 bits per heavy atom. The molecule has 2 saturated carbocycles. The third-order valence-corrected chi connectivity index (χ3v) is 7.77. The molecule has 0 aromatic heterocycles. The van der Waals surface area contributed by atoms with E-state index in [1.54, 1.807) is 36.4 Å². The summed E-state index contributed by atoms with van der Waals surface area (Å²) in [5.41, 5.74) is 1.12. The summed E-state index contributed by atoms with van der Waals surface area (Å²) in [7, 11) is 1.54. The number of methoxy groups -OCH3 is 1. The van der Waals surface area contributed by atoms with Crippen LogP contribution >= 0.6 is 0 Å². The van der Waals surface area contributed by atoms with E-state index in [0.717, 1.165) is 6.42 Å². The number of hydrogen-bond acceptors (Lipinski definition) is 6. The molecule has 5 aliphatic rings. The van der Waals surface area contributed by atoms with Crippen LogP contribution in [0, 0.1) is 35.5 Å². The van der Waals surface area contributed by atoms with E-state index in [9.17, 15) is 19.2 Å². The third kappa shape index (κ3) is 3.10. The molecule has 1 heterocycles. The summed E-state index contributed by atoms with van der Waals surface area (Å²) in [5, 5.41) is 0. The molecule has 0 radical (unpaired) electrons. The predicted octanol–water partition coefficient (Wildman–Crippen LogP) is 3.29. The monoisotopic (exact) mass is 457 g/mol. The maximum Gasteiger partial charge on any atom is 0.338 e. The molecule has 3 fully saturated rings. The van der Waals surface area contributed by atoms with E-state index in [-0.39, 0.29) is 46.8 Å². The highest BCUT2D eigenvalue weighted by Gasteiger charge is 2.67. The van der Waals surface area contributed by atoms with E-state index in [1.807, 2.05) is 0 Å². The molecule has 2 aromatic rings. The first-order valence-electron chi connectivity index (χ1n) is 11.5. The quantitative estimate of drug-likeness (QED) is 0.286. The van der Waals surface area contributed by atoms with Crippen molar-refractivity contribution >= 4 is 29.3 Å². The number of amides is 2. The number of imide groups is 1. The minimum atomic E-state index is -0.650. The second-order valence-corrected chi connectivity index (χ2v) is 9.44. The Hall–Kier alpha value is -3.74. The number of ketones is 1. The molecule has 1 saturated heterocycles. The summed E-state index contributed by atoms with van der Waals surface area (Å²) in [5.74, 6) is 0.270. The van der Waals surface area contributed by atoms with Crippen molar-refractivity contribution in [1.82, 2.24) is 0 Å². The van der Waals surface area contributed by atoms with Crippen molar-refractivity contribution in [3.8, 4) is 5.75 Å². The van der Waals surface area contributed by atoms with Gasteiger partial charge in [-0.2, -0.15) is 0 Å². The van der Waals surface area contributed by atoms with E-state index in [4.69, 9.17) is 9.47 Å². The van der Waals surface area contributed by atoms with Gasteiger partial charge in [0.1, 0.15) is 5.75 Å². The fourth-order valence-corrected chi connectivity index (χ4v) is 6.03. The second-order valence-electron chi connectivity index (χ2n) is 9.44. The van der Waals surface area contributed by atoms with Crippen molar-refractivity contribution < 1.29 is 28.7 Å².